The van der Waals surface area contributed by atoms with Crippen molar-refractivity contribution < 1.29 is 9.53 Å². The predicted octanol–water partition coefficient (Wildman–Crippen LogP) is 4.51. The van der Waals surface area contributed by atoms with E-state index in [4.69, 9.17) is 16.3 Å². The van der Waals surface area contributed by atoms with Gasteiger partial charge >= 0.3 is 0 Å². The number of hydrogen-bond donors (Lipinski definition) is 0. The molecule has 3 aromatic heterocycles. The van der Waals surface area contributed by atoms with Crippen molar-refractivity contribution in [3.05, 3.63) is 81.4 Å². The molecule has 0 saturated heterocycles. The molecule has 0 bridgehead atoms. The third-order valence-electron chi connectivity index (χ3n) is 5.10. The smallest absolute Gasteiger partial charge is 0.261 e. The molecule has 0 fully saturated rings. The molecule has 0 aromatic carbocycles. The van der Waals surface area contributed by atoms with Gasteiger partial charge < -0.3 is 9.30 Å². The largest absolute Gasteiger partial charge is 0.481 e. The van der Waals surface area contributed by atoms with Gasteiger partial charge in [0.25, 0.3) is 5.56 Å². The summed E-state index contributed by atoms with van der Waals surface area (Å²) in [4.78, 5) is 38.2. The number of Topliss-reactive ketones (excluding diaryl/α,β-unsaturated/α-hetero) is 1. The maximum Gasteiger partial charge on any atom is 0.261 e. The van der Waals surface area contributed by atoms with E-state index in [1.54, 1.807) is 31.8 Å². The van der Waals surface area contributed by atoms with Crippen molar-refractivity contribution in [3.63, 3.8) is 0 Å². The van der Waals surface area contributed by atoms with Gasteiger partial charge in [-0.3, -0.25) is 14.6 Å². The molecular formula is C24H27ClN4O3. The summed E-state index contributed by atoms with van der Waals surface area (Å²) >= 11 is 6.17. The van der Waals surface area contributed by atoms with Gasteiger partial charge in [0.05, 0.1) is 29.9 Å². The van der Waals surface area contributed by atoms with Gasteiger partial charge in [-0.25, -0.2) is 4.98 Å². The van der Waals surface area contributed by atoms with E-state index in [-0.39, 0.29) is 23.5 Å². The van der Waals surface area contributed by atoms with E-state index in [1.807, 2.05) is 18.2 Å². The predicted molar refractivity (Wildman–Crippen MR) is 123 cm³/mol. The molecule has 32 heavy (non-hydrogen) atoms. The molecule has 0 aliphatic heterocycles. The number of unbranched alkanes of at least 4 members (excludes halogenated alkanes) is 4. The number of ketones is 1. The molecule has 0 unspecified atom stereocenters. The average molecular weight is 455 g/mol. The molecule has 0 N–H and O–H groups in total. The Hall–Kier alpha value is -3.06. The average Bonchev–Trinajstić information content (AvgIpc) is 2.81. The highest BCUT2D eigenvalue weighted by Gasteiger charge is 2.14. The Bertz CT molecular complexity index is 1090. The number of ether oxygens (including phenoxy) is 1. The zero-order valence-electron chi connectivity index (χ0n) is 18.2. The lowest BCUT2D eigenvalue weighted by atomic mass is 10.0. The number of aryl methyl sites for hydroxylation is 1. The minimum atomic E-state index is -0.330. The van der Waals surface area contributed by atoms with Gasteiger partial charge in [0, 0.05) is 37.5 Å². The zero-order valence-corrected chi connectivity index (χ0v) is 18.9. The molecule has 3 aromatic rings. The maximum atomic E-state index is 12.8. The number of pyridine rings is 2. The highest BCUT2D eigenvalue weighted by Crippen LogP contribution is 2.14. The van der Waals surface area contributed by atoms with Crippen LogP contribution in [0.2, 0.25) is 5.02 Å². The second-order valence-corrected chi connectivity index (χ2v) is 7.97. The van der Waals surface area contributed by atoms with Crippen molar-refractivity contribution in [3.8, 4) is 5.88 Å². The number of nitrogens with zero attached hydrogens (tertiary/aromatic N) is 4. The number of carbonyl (C=O) groups is 1. The minimum Gasteiger partial charge on any atom is -0.481 e. The number of halogens is 1. The summed E-state index contributed by atoms with van der Waals surface area (Å²) in [6.07, 6.45) is 10.7. The number of rotatable bonds is 12. The van der Waals surface area contributed by atoms with Crippen molar-refractivity contribution in [2.75, 3.05) is 7.11 Å². The molecule has 7 nitrogen and oxygen atoms in total. The van der Waals surface area contributed by atoms with Gasteiger partial charge in [0.2, 0.25) is 5.88 Å². The SMILES string of the molecule is COc1ccnc(CCCCCCCC(=O)c2cc(Cl)cn(Cc3ccccn3)c2=O)n1. The van der Waals surface area contributed by atoms with Gasteiger partial charge in [-0.15, -0.1) is 0 Å². The lowest BCUT2D eigenvalue weighted by Gasteiger charge is -2.09. The first kappa shape index (κ1) is 23.6. The Labute approximate surface area is 192 Å². The fourth-order valence-corrected chi connectivity index (χ4v) is 3.66. The van der Waals surface area contributed by atoms with Crippen LogP contribution in [0.3, 0.4) is 0 Å². The summed E-state index contributed by atoms with van der Waals surface area (Å²) < 4.78 is 6.55. The van der Waals surface area contributed by atoms with Crippen LogP contribution in [0, 0.1) is 0 Å². The normalized spacial score (nSPS) is 10.8. The van der Waals surface area contributed by atoms with Crippen molar-refractivity contribution in [1.29, 1.82) is 0 Å². The molecule has 168 valence electrons. The lowest BCUT2D eigenvalue weighted by molar-refractivity contribution is 0.0977. The molecule has 8 heteroatoms. The quantitative estimate of drug-likeness (QED) is 0.295. The van der Waals surface area contributed by atoms with Crippen LogP contribution in [0.1, 0.15) is 60.4 Å². The summed E-state index contributed by atoms with van der Waals surface area (Å²) in [6, 6.07) is 8.69. The van der Waals surface area contributed by atoms with Crippen molar-refractivity contribution in [2.45, 2.75) is 51.5 Å². The lowest BCUT2D eigenvalue weighted by Crippen LogP contribution is -2.26. The summed E-state index contributed by atoms with van der Waals surface area (Å²) in [5.74, 6) is 1.19. The van der Waals surface area contributed by atoms with Crippen LogP contribution in [0.25, 0.3) is 0 Å². The summed E-state index contributed by atoms with van der Waals surface area (Å²) in [6.45, 7) is 0.275. The van der Waals surface area contributed by atoms with E-state index in [2.05, 4.69) is 15.0 Å². The first-order valence-electron chi connectivity index (χ1n) is 10.8. The Morgan fingerprint density at radius 3 is 2.66 bits per heavy atom. The van der Waals surface area contributed by atoms with E-state index in [0.717, 1.165) is 50.0 Å². The van der Waals surface area contributed by atoms with E-state index < -0.39 is 0 Å². The standard InChI is InChI=1S/C24H27ClN4O3/c1-32-23-12-14-27-22(28-23)11-6-4-2-3-5-10-21(30)20-15-18(25)16-29(24(20)31)17-19-9-7-8-13-26-19/h7-9,12-16H,2-6,10-11,17H2,1H3. The highest BCUT2D eigenvalue weighted by molar-refractivity contribution is 6.30. The Morgan fingerprint density at radius 1 is 1.06 bits per heavy atom. The molecule has 0 aliphatic carbocycles. The van der Waals surface area contributed by atoms with E-state index in [9.17, 15) is 9.59 Å². The van der Waals surface area contributed by atoms with Crippen LogP contribution in [0.4, 0.5) is 0 Å². The van der Waals surface area contributed by atoms with Crippen molar-refractivity contribution in [2.24, 2.45) is 0 Å². The first-order chi connectivity index (χ1) is 15.6. The van der Waals surface area contributed by atoms with Crippen LogP contribution in [0.15, 0.2) is 53.7 Å². The summed E-state index contributed by atoms with van der Waals surface area (Å²) in [7, 11) is 1.59. The number of carbonyl (C=O) groups excluding carboxylic acids is 1. The third-order valence-corrected chi connectivity index (χ3v) is 5.31. The maximum absolute atomic E-state index is 12.8. The molecule has 0 saturated carbocycles. The highest BCUT2D eigenvalue weighted by atomic mass is 35.5. The van der Waals surface area contributed by atoms with Crippen molar-refractivity contribution in [1.82, 2.24) is 19.5 Å². The monoisotopic (exact) mass is 454 g/mol. The Morgan fingerprint density at radius 2 is 1.88 bits per heavy atom. The summed E-state index contributed by atoms with van der Waals surface area (Å²) in [5.41, 5.74) is 0.543. The zero-order chi connectivity index (χ0) is 22.8. The van der Waals surface area contributed by atoms with Crippen molar-refractivity contribution >= 4 is 17.4 Å². The minimum absolute atomic E-state index is 0.142. The van der Waals surface area contributed by atoms with Crippen LogP contribution in [-0.2, 0) is 13.0 Å². The molecule has 0 atom stereocenters. The molecule has 0 radical (unpaired) electrons. The molecule has 0 aliphatic rings. The summed E-state index contributed by atoms with van der Waals surface area (Å²) in [5, 5.41) is 0.364. The fourth-order valence-electron chi connectivity index (χ4n) is 3.43. The van der Waals surface area contributed by atoms with Gasteiger partial charge in [0.1, 0.15) is 5.82 Å². The Balaban J connectivity index is 1.44. The molecule has 0 amide bonds. The number of aromatic nitrogens is 4. The number of hydrogen-bond acceptors (Lipinski definition) is 6. The van der Waals surface area contributed by atoms with Crippen LogP contribution in [0.5, 0.6) is 5.88 Å². The second-order valence-electron chi connectivity index (χ2n) is 7.53. The Kier molecular flexibility index (Phi) is 8.92. The topological polar surface area (TPSA) is 87.0 Å². The molecule has 3 rings (SSSR count). The van der Waals surface area contributed by atoms with Crippen LogP contribution in [-0.4, -0.2) is 32.4 Å². The van der Waals surface area contributed by atoms with E-state index >= 15 is 0 Å². The van der Waals surface area contributed by atoms with Gasteiger partial charge in [-0.2, -0.15) is 4.98 Å². The first-order valence-corrected chi connectivity index (χ1v) is 11.1. The van der Waals surface area contributed by atoms with Crippen LogP contribution < -0.4 is 10.3 Å². The molecule has 3 heterocycles. The van der Waals surface area contributed by atoms with Gasteiger partial charge in [-0.1, -0.05) is 36.9 Å². The third kappa shape index (κ3) is 6.99. The van der Waals surface area contributed by atoms with Gasteiger partial charge in [-0.05, 0) is 31.0 Å². The van der Waals surface area contributed by atoms with Gasteiger partial charge in [0.15, 0.2) is 5.78 Å². The van der Waals surface area contributed by atoms with E-state index in [1.165, 1.54) is 10.6 Å². The molecular weight excluding hydrogens is 428 g/mol. The molecule has 0 spiro atoms. The van der Waals surface area contributed by atoms with E-state index in [0.29, 0.717) is 17.3 Å². The number of methoxy groups -OCH3 is 1. The second kappa shape index (κ2) is 12.1. The van der Waals surface area contributed by atoms with Crippen LogP contribution >= 0.6 is 11.6 Å². The fraction of sp³-hybridized carbons (Fsp3) is 0.375.